The van der Waals surface area contributed by atoms with Gasteiger partial charge in [-0.25, -0.2) is 5.43 Å². The SMILES string of the molecule is NNC(N)=[N+](N)N.O=[N+]([O-])[O-]. The minimum atomic E-state index is -1.75. The van der Waals surface area contributed by atoms with Crippen LogP contribution in [0.4, 0.5) is 0 Å². The van der Waals surface area contributed by atoms with Crippen molar-refractivity contribution in [2.24, 2.45) is 23.3 Å². The molecule has 0 unspecified atom stereocenters. The van der Waals surface area contributed by atoms with Gasteiger partial charge in [0.25, 0.3) is 0 Å². The monoisotopic (exact) mass is 167 g/mol. The molecule has 0 aliphatic carbocycles. The standard InChI is InChI=1S/CH8N6.NO3/c2-1(6-3)7(4)5;2-1(3)4/h3-5H2,(H2,2,6);/q;-1/p+1. The molecule has 0 amide bonds. The summed E-state index contributed by atoms with van der Waals surface area (Å²) in [6, 6.07) is 0. The van der Waals surface area contributed by atoms with E-state index in [1.165, 1.54) is 0 Å². The Hall–Kier alpha value is -1.97. The second kappa shape index (κ2) is 6.15. The van der Waals surface area contributed by atoms with Crippen LogP contribution in [-0.2, 0) is 0 Å². The van der Waals surface area contributed by atoms with Gasteiger partial charge >= 0.3 is 5.96 Å². The quantitative estimate of drug-likeness (QED) is 0.0608. The lowest BCUT2D eigenvalue weighted by Crippen LogP contribution is -2.49. The van der Waals surface area contributed by atoms with Crippen LogP contribution in [-0.4, -0.2) is 15.8 Å². The van der Waals surface area contributed by atoms with Crippen molar-refractivity contribution in [2.45, 2.75) is 0 Å². The highest BCUT2D eigenvalue weighted by Gasteiger charge is 1.93. The predicted octanol–water partition coefficient (Wildman–Crippen LogP) is -3.71. The van der Waals surface area contributed by atoms with Crippen LogP contribution in [0.25, 0.3) is 0 Å². The Morgan fingerprint density at radius 1 is 1.36 bits per heavy atom. The Labute approximate surface area is 61.1 Å². The van der Waals surface area contributed by atoms with Gasteiger partial charge in [-0.2, -0.15) is 5.84 Å². The van der Waals surface area contributed by atoms with E-state index < -0.39 is 5.09 Å². The Bertz CT molecular complexity index is 144. The normalized spacial score (nSPS) is 7.00. The fourth-order valence-corrected chi connectivity index (χ4v) is 0.0745. The molecule has 10 nitrogen and oxygen atoms in total. The van der Waals surface area contributed by atoms with Crippen LogP contribution < -0.4 is 28.7 Å². The molecule has 0 rings (SSSR count). The van der Waals surface area contributed by atoms with E-state index in [4.69, 9.17) is 38.6 Å². The predicted molar refractivity (Wildman–Crippen MR) is 35.5 cm³/mol. The Balaban J connectivity index is 0. The summed E-state index contributed by atoms with van der Waals surface area (Å²) in [5.74, 6) is 14.5. The summed E-state index contributed by atoms with van der Waals surface area (Å²) in [6.45, 7) is 0. The molecule has 10 heteroatoms. The van der Waals surface area contributed by atoms with Crippen LogP contribution in [0.1, 0.15) is 0 Å². The number of nitrogens with zero attached hydrogens (tertiary/aromatic N) is 2. The first kappa shape index (κ1) is 11.8. The van der Waals surface area contributed by atoms with E-state index in [0.717, 1.165) is 0 Å². The highest BCUT2D eigenvalue weighted by Crippen LogP contribution is 1.44. The highest BCUT2D eigenvalue weighted by molar-refractivity contribution is 5.71. The van der Waals surface area contributed by atoms with Gasteiger partial charge in [0.15, 0.2) is 0 Å². The maximum absolute atomic E-state index is 8.25. The van der Waals surface area contributed by atoms with Crippen molar-refractivity contribution in [1.29, 1.82) is 0 Å². The Morgan fingerprint density at radius 2 is 1.64 bits per heavy atom. The number of hydrogen-bond donors (Lipinski definition) is 5. The molecule has 0 saturated heterocycles. The number of hydrazone groups is 2. The van der Waals surface area contributed by atoms with Crippen molar-refractivity contribution in [3.8, 4) is 0 Å². The molecule has 0 saturated carbocycles. The third-order valence-electron chi connectivity index (χ3n) is 0.426. The lowest BCUT2D eigenvalue weighted by molar-refractivity contribution is -0.554. The van der Waals surface area contributed by atoms with Crippen LogP contribution in [0.15, 0.2) is 0 Å². The van der Waals surface area contributed by atoms with Crippen molar-refractivity contribution in [1.82, 2.24) is 5.43 Å². The molecule has 0 aromatic heterocycles. The molecular weight excluding hydrogens is 158 g/mol. The maximum Gasteiger partial charge on any atom is 0.404 e. The molecule has 9 N–H and O–H groups in total. The molecule has 0 aliphatic rings. The molecule has 11 heavy (non-hydrogen) atoms. The van der Waals surface area contributed by atoms with Crippen molar-refractivity contribution in [3.05, 3.63) is 15.3 Å². The minimum absolute atomic E-state index is 0.0139. The zero-order valence-electron chi connectivity index (χ0n) is 5.43. The van der Waals surface area contributed by atoms with Crippen molar-refractivity contribution in [2.75, 3.05) is 0 Å². The fraction of sp³-hybridized carbons (Fsp3) is 0. The van der Waals surface area contributed by atoms with Crippen LogP contribution in [0.2, 0.25) is 0 Å². The molecule has 0 heterocycles. The summed E-state index contributed by atoms with van der Waals surface area (Å²) in [7, 11) is 0. The third-order valence-corrected chi connectivity index (χ3v) is 0.426. The van der Waals surface area contributed by atoms with Gasteiger partial charge in [-0.3, -0.25) is 17.4 Å². The van der Waals surface area contributed by atoms with E-state index in [1.807, 2.05) is 5.43 Å². The topological polar surface area (TPSA) is 185 Å². The van der Waals surface area contributed by atoms with Gasteiger partial charge in [0.1, 0.15) is 0 Å². The minimum Gasteiger partial charge on any atom is -0.356 e. The third kappa shape index (κ3) is 18.0. The molecule has 0 fully saturated rings. The van der Waals surface area contributed by atoms with Crippen LogP contribution >= 0.6 is 0 Å². The van der Waals surface area contributed by atoms with Gasteiger partial charge in [0.05, 0.1) is 5.09 Å². The maximum atomic E-state index is 8.25. The van der Waals surface area contributed by atoms with Crippen LogP contribution in [0, 0.1) is 15.3 Å². The summed E-state index contributed by atoms with van der Waals surface area (Å²) in [6.07, 6.45) is 0. The van der Waals surface area contributed by atoms with Crippen molar-refractivity contribution in [3.63, 3.8) is 0 Å². The molecule has 0 bridgehead atoms. The van der Waals surface area contributed by atoms with E-state index in [9.17, 15) is 0 Å². The Morgan fingerprint density at radius 3 is 1.64 bits per heavy atom. The van der Waals surface area contributed by atoms with Crippen LogP contribution in [0.3, 0.4) is 0 Å². The fourth-order valence-electron chi connectivity index (χ4n) is 0.0745. The first-order valence-electron chi connectivity index (χ1n) is 2.12. The van der Waals surface area contributed by atoms with E-state index in [2.05, 4.69) is 0 Å². The average Bonchev–Trinajstić information content (AvgIpc) is 1.85. The molecule has 0 aromatic rings. The largest absolute Gasteiger partial charge is 0.404 e. The molecule has 0 aliphatic heterocycles. The Kier molecular flexibility index (Phi) is 6.59. The summed E-state index contributed by atoms with van der Waals surface area (Å²) >= 11 is 0. The number of rotatable bonds is 0. The van der Waals surface area contributed by atoms with Gasteiger partial charge in [-0.15, -0.1) is 0 Å². The second-order valence-corrected chi connectivity index (χ2v) is 1.16. The lowest BCUT2D eigenvalue weighted by Gasteiger charge is -1.91. The smallest absolute Gasteiger partial charge is 0.356 e. The van der Waals surface area contributed by atoms with E-state index in [1.54, 1.807) is 0 Å². The van der Waals surface area contributed by atoms with Crippen molar-refractivity contribution >= 4 is 5.96 Å². The van der Waals surface area contributed by atoms with Gasteiger partial charge in [0.2, 0.25) is 0 Å². The van der Waals surface area contributed by atoms with E-state index >= 15 is 0 Å². The molecule has 0 radical (unpaired) electrons. The molecule has 66 valence electrons. The molecule has 0 atom stereocenters. The van der Waals surface area contributed by atoms with Gasteiger partial charge in [-0.05, 0) is 0 Å². The molecule has 0 aromatic carbocycles. The zero-order chi connectivity index (χ0) is 9.44. The number of nitrogens with one attached hydrogen (secondary N) is 1. The van der Waals surface area contributed by atoms with Crippen LogP contribution in [0.5, 0.6) is 0 Å². The number of hydrogen-bond acceptors (Lipinski definition) is 6. The van der Waals surface area contributed by atoms with Crippen molar-refractivity contribution < 1.29 is 9.88 Å². The average molecular weight is 167 g/mol. The number of nitrogens with two attached hydrogens (primary N) is 4. The molecular formula is CH9N7O3. The molecule has 0 spiro atoms. The number of hydrazine groups is 3. The second-order valence-electron chi connectivity index (χ2n) is 1.16. The first-order chi connectivity index (χ1) is 4.91. The number of guanidine groups is 1. The van der Waals surface area contributed by atoms with E-state index in [0.29, 0.717) is 4.79 Å². The van der Waals surface area contributed by atoms with E-state index in [-0.39, 0.29) is 5.96 Å². The van der Waals surface area contributed by atoms with Gasteiger partial charge in [-0.1, -0.05) is 4.79 Å². The summed E-state index contributed by atoms with van der Waals surface area (Å²) in [5, 5.41) is 14.8. The zero-order valence-corrected chi connectivity index (χ0v) is 5.43. The van der Waals surface area contributed by atoms with Gasteiger partial charge < -0.3 is 15.3 Å². The van der Waals surface area contributed by atoms with Gasteiger partial charge in [0, 0.05) is 0 Å². The first-order valence-corrected chi connectivity index (χ1v) is 2.12. The lowest BCUT2D eigenvalue weighted by atomic mass is 11.1. The summed E-state index contributed by atoms with van der Waals surface area (Å²) < 4.78 is 0. The summed E-state index contributed by atoms with van der Waals surface area (Å²) in [5.41, 5.74) is 7.01. The highest BCUT2D eigenvalue weighted by atomic mass is 16.9. The summed E-state index contributed by atoms with van der Waals surface area (Å²) in [4.78, 5) is 8.93.